The monoisotopic (exact) mass is 326 g/mol. The molecule has 0 aromatic heterocycles. The number of nitrogens with two attached hydrogens (primary N) is 1. The molecule has 0 spiro atoms. The van der Waals surface area contributed by atoms with Gasteiger partial charge in [0.2, 0.25) is 10.0 Å². The third kappa shape index (κ3) is 3.24. The molecule has 0 amide bonds. The zero-order valence-electron chi connectivity index (χ0n) is 12.2. The Morgan fingerprint density at radius 2 is 2.14 bits per heavy atom. The van der Waals surface area contributed by atoms with Crippen molar-refractivity contribution in [2.45, 2.75) is 37.1 Å². The first kappa shape index (κ1) is 16.3. The Bertz CT molecular complexity index is 702. The fourth-order valence-corrected chi connectivity index (χ4v) is 4.96. The van der Waals surface area contributed by atoms with Gasteiger partial charge in [0.25, 0.3) is 0 Å². The Hall–Kier alpha value is -1.06. The molecular formula is C15H19ClN2O2S. The lowest BCUT2D eigenvalue weighted by atomic mass is 10.0. The second kappa shape index (κ2) is 5.98. The minimum Gasteiger partial charge on any atom is -0.320 e. The summed E-state index contributed by atoms with van der Waals surface area (Å²) in [5.74, 6) is 5.56. The van der Waals surface area contributed by atoms with Crippen molar-refractivity contribution in [2.24, 2.45) is 5.73 Å². The Balaban J connectivity index is 2.42. The lowest BCUT2D eigenvalue weighted by Gasteiger charge is -2.30. The van der Waals surface area contributed by atoms with Gasteiger partial charge in [-0.15, -0.1) is 0 Å². The van der Waals surface area contributed by atoms with Crippen LogP contribution in [-0.4, -0.2) is 31.4 Å². The third-order valence-electron chi connectivity index (χ3n) is 3.66. The molecule has 21 heavy (non-hydrogen) atoms. The van der Waals surface area contributed by atoms with Crippen molar-refractivity contribution in [2.75, 3.05) is 13.1 Å². The van der Waals surface area contributed by atoms with Gasteiger partial charge in [-0.25, -0.2) is 8.42 Å². The molecule has 1 aromatic carbocycles. The molecule has 1 aliphatic heterocycles. The van der Waals surface area contributed by atoms with Gasteiger partial charge in [0.1, 0.15) is 4.90 Å². The standard InChI is InChI=1S/C15H19ClN2O2S/c1-15(2)8-4-10-18(15)21(19,20)14-7-6-12(5-3-9-17)11-13(14)16/h6-7,11H,4,8-10,17H2,1-2H3. The van der Waals surface area contributed by atoms with Gasteiger partial charge in [-0.3, -0.25) is 0 Å². The Morgan fingerprint density at radius 3 is 2.67 bits per heavy atom. The molecule has 0 unspecified atom stereocenters. The van der Waals surface area contributed by atoms with Crippen molar-refractivity contribution < 1.29 is 8.42 Å². The van der Waals surface area contributed by atoms with Gasteiger partial charge in [-0.1, -0.05) is 23.4 Å². The second-order valence-electron chi connectivity index (χ2n) is 5.64. The predicted molar refractivity (Wildman–Crippen MR) is 84.6 cm³/mol. The fourth-order valence-electron chi connectivity index (χ4n) is 2.59. The molecule has 0 bridgehead atoms. The molecule has 0 saturated carbocycles. The number of rotatable bonds is 2. The highest BCUT2D eigenvalue weighted by Crippen LogP contribution is 2.36. The van der Waals surface area contributed by atoms with E-state index in [1.807, 2.05) is 13.8 Å². The maximum absolute atomic E-state index is 12.8. The van der Waals surface area contributed by atoms with E-state index >= 15 is 0 Å². The molecule has 2 N–H and O–H groups in total. The van der Waals surface area contributed by atoms with Crippen LogP contribution in [0.1, 0.15) is 32.3 Å². The van der Waals surface area contributed by atoms with Crippen molar-refractivity contribution in [3.63, 3.8) is 0 Å². The summed E-state index contributed by atoms with van der Waals surface area (Å²) in [6.07, 6.45) is 1.72. The molecule has 4 nitrogen and oxygen atoms in total. The van der Waals surface area contributed by atoms with E-state index in [1.165, 1.54) is 10.4 Å². The molecule has 1 fully saturated rings. The van der Waals surface area contributed by atoms with Crippen LogP contribution in [-0.2, 0) is 10.0 Å². The minimum absolute atomic E-state index is 0.137. The largest absolute Gasteiger partial charge is 0.320 e. The average Bonchev–Trinajstić information content (AvgIpc) is 2.76. The number of benzene rings is 1. The lowest BCUT2D eigenvalue weighted by Crippen LogP contribution is -2.42. The molecule has 1 aliphatic rings. The molecule has 1 saturated heterocycles. The van der Waals surface area contributed by atoms with Crippen LogP contribution in [0, 0.1) is 11.8 Å². The maximum atomic E-state index is 12.8. The van der Waals surface area contributed by atoms with E-state index in [0.717, 1.165) is 12.8 Å². The van der Waals surface area contributed by atoms with Crippen LogP contribution in [0.25, 0.3) is 0 Å². The van der Waals surface area contributed by atoms with E-state index in [0.29, 0.717) is 12.1 Å². The molecule has 114 valence electrons. The highest BCUT2D eigenvalue weighted by molar-refractivity contribution is 7.89. The van der Waals surface area contributed by atoms with E-state index in [1.54, 1.807) is 12.1 Å². The summed E-state index contributed by atoms with van der Waals surface area (Å²) < 4.78 is 27.1. The molecule has 1 aromatic rings. The van der Waals surface area contributed by atoms with Gasteiger partial charge in [-0.2, -0.15) is 4.31 Å². The lowest BCUT2D eigenvalue weighted by molar-refractivity contribution is 0.292. The normalized spacial score (nSPS) is 18.3. The quantitative estimate of drug-likeness (QED) is 0.848. The van der Waals surface area contributed by atoms with Crippen molar-refractivity contribution in [1.29, 1.82) is 0 Å². The summed E-state index contributed by atoms with van der Waals surface area (Å²) in [7, 11) is -3.59. The van der Waals surface area contributed by atoms with E-state index in [9.17, 15) is 8.42 Å². The molecule has 0 radical (unpaired) electrons. The summed E-state index contributed by atoms with van der Waals surface area (Å²) in [5, 5.41) is 0.196. The van der Waals surface area contributed by atoms with Gasteiger partial charge in [0.05, 0.1) is 11.6 Å². The third-order valence-corrected chi connectivity index (χ3v) is 6.25. The van der Waals surface area contributed by atoms with E-state index in [-0.39, 0.29) is 22.0 Å². The SMILES string of the molecule is CC1(C)CCCN1S(=O)(=O)c1ccc(C#CCN)cc1Cl. The molecule has 0 atom stereocenters. The van der Waals surface area contributed by atoms with Gasteiger partial charge in [0.15, 0.2) is 0 Å². The summed E-state index contributed by atoms with van der Waals surface area (Å²) >= 11 is 6.16. The van der Waals surface area contributed by atoms with Crippen LogP contribution >= 0.6 is 11.6 Å². The summed E-state index contributed by atoms with van der Waals surface area (Å²) in [4.78, 5) is 0.137. The van der Waals surface area contributed by atoms with Crippen LogP contribution in [0.2, 0.25) is 5.02 Å². The molecule has 1 heterocycles. The van der Waals surface area contributed by atoms with Crippen LogP contribution in [0.3, 0.4) is 0 Å². The molecular weight excluding hydrogens is 308 g/mol. The fraction of sp³-hybridized carbons (Fsp3) is 0.467. The number of hydrogen-bond donors (Lipinski definition) is 1. The Labute approximate surface area is 131 Å². The predicted octanol–water partition coefficient (Wildman–Crippen LogP) is 2.21. The second-order valence-corrected chi connectivity index (χ2v) is 7.88. The van der Waals surface area contributed by atoms with Crippen LogP contribution in [0.15, 0.2) is 23.1 Å². The minimum atomic E-state index is -3.59. The van der Waals surface area contributed by atoms with E-state index in [4.69, 9.17) is 17.3 Å². The topological polar surface area (TPSA) is 63.4 Å². The number of halogens is 1. The maximum Gasteiger partial charge on any atom is 0.245 e. The first-order chi connectivity index (χ1) is 9.79. The zero-order chi connectivity index (χ0) is 15.7. The van der Waals surface area contributed by atoms with Crippen molar-refractivity contribution in [3.05, 3.63) is 28.8 Å². The zero-order valence-corrected chi connectivity index (χ0v) is 13.8. The first-order valence-electron chi connectivity index (χ1n) is 6.80. The molecule has 0 aliphatic carbocycles. The van der Waals surface area contributed by atoms with Crippen molar-refractivity contribution in [3.8, 4) is 11.8 Å². The molecule has 2 rings (SSSR count). The summed E-state index contributed by atoms with van der Waals surface area (Å²) in [5.41, 5.74) is 5.60. The van der Waals surface area contributed by atoms with Crippen LogP contribution in [0.4, 0.5) is 0 Å². The van der Waals surface area contributed by atoms with Gasteiger partial charge in [-0.05, 0) is 44.9 Å². The smallest absolute Gasteiger partial charge is 0.245 e. The number of sulfonamides is 1. The summed E-state index contributed by atoms with van der Waals surface area (Å²) in [6.45, 7) is 4.65. The average molecular weight is 327 g/mol. The Kier molecular flexibility index (Phi) is 4.64. The molecule has 6 heteroatoms. The van der Waals surface area contributed by atoms with E-state index in [2.05, 4.69) is 11.8 Å². The summed E-state index contributed by atoms with van der Waals surface area (Å²) in [6, 6.07) is 4.75. The number of nitrogens with zero attached hydrogens (tertiary/aromatic N) is 1. The van der Waals surface area contributed by atoms with Gasteiger partial charge < -0.3 is 5.73 Å². The Morgan fingerprint density at radius 1 is 1.43 bits per heavy atom. The van der Waals surface area contributed by atoms with Crippen LogP contribution in [0.5, 0.6) is 0 Å². The van der Waals surface area contributed by atoms with Crippen molar-refractivity contribution in [1.82, 2.24) is 4.31 Å². The van der Waals surface area contributed by atoms with Gasteiger partial charge in [0, 0.05) is 17.6 Å². The highest BCUT2D eigenvalue weighted by Gasteiger charge is 2.41. The van der Waals surface area contributed by atoms with E-state index < -0.39 is 10.0 Å². The highest BCUT2D eigenvalue weighted by atomic mass is 35.5. The van der Waals surface area contributed by atoms with Crippen LogP contribution < -0.4 is 5.73 Å². The van der Waals surface area contributed by atoms with Crippen molar-refractivity contribution >= 4 is 21.6 Å². The number of hydrogen-bond acceptors (Lipinski definition) is 3. The first-order valence-corrected chi connectivity index (χ1v) is 8.62. The van der Waals surface area contributed by atoms with Gasteiger partial charge >= 0.3 is 0 Å².